The van der Waals surface area contributed by atoms with Crippen LogP contribution in [-0.2, 0) is 11.2 Å². The molecule has 1 amide bonds. The lowest BCUT2D eigenvalue weighted by molar-refractivity contribution is -0.132. The van der Waals surface area contributed by atoms with E-state index >= 15 is 0 Å². The highest BCUT2D eigenvalue weighted by Gasteiger charge is 2.20. The maximum Gasteiger partial charge on any atom is 0.239 e. The van der Waals surface area contributed by atoms with Crippen molar-refractivity contribution in [2.75, 3.05) is 20.6 Å². The van der Waals surface area contributed by atoms with Gasteiger partial charge in [0.1, 0.15) is 0 Å². The molecule has 0 spiro atoms. The van der Waals surface area contributed by atoms with Crippen LogP contribution >= 0.6 is 12.4 Å². The van der Waals surface area contributed by atoms with Gasteiger partial charge in [-0.25, -0.2) is 0 Å². The Balaban J connectivity index is 0.00000324. The van der Waals surface area contributed by atoms with Crippen LogP contribution in [0.3, 0.4) is 0 Å². The molecule has 0 aromatic heterocycles. The number of rotatable bonds is 7. The van der Waals surface area contributed by atoms with Gasteiger partial charge in [-0.05, 0) is 25.5 Å². The fourth-order valence-corrected chi connectivity index (χ4v) is 1.93. The quantitative estimate of drug-likeness (QED) is 0.834. The molecule has 3 nitrogen and oxygen atoms in total. The first-order valence-corrected chi connectivity index (χ1v) is 6.65. The number of unbranched alkanes of at least 4 members (excludes halogenated alkanes) is 1. The number of hydrogen-bond donors (Lipinski definition) is 1. The molecule has 4 heteroatoms. The van der Waals surface area contributed by atoms with E-state index in [9.17, 15) is 4.79 Å². The summed E-state index contributed by atoms with van der Waals surface area (Å²) in [5.74, 6) is 0.176. The zero-order valence-corrected chi connectivity index (χ0v) is 12.9. The summed E-state index contributed by atoms with van der Waals surface area (Å²) < 4.78 is 0. The molecular formula is C15H25ClN2O. The monoisotopic (exact) mass is 284 g/mol. The topological polar surface area (TPSA) is 32.3 Å². The highest BCUT2D eigenvalue weighted by molar-refractivity contribution is 5.85. The summed E-state index contributed by atoms with van der Waals surface area (Å²) in [5.41, 5.74) is 1.19. The van der Waals surface area contributed by atoms with Gasteiger partial charge in [0.2, 0.25) is 5.91 Å². The maximum atomic E-state index is 12.2. The minimum Gasteiger partial charge on any atom is -0.344 e. The van der Waals surface area contributed by atoms with E-state index < -0.39 is 0 Å². The molecule has 0 saturated carbocycles. The van der Waals surface area contributed by atoms with Crippen LogP contribution in [0.1, 0.15) is 25.3 Å². The molecule has 0 fully saturated rings. The number of likely N-dealkylation sites (N-methyl/N-ethyl adjacent to an activating group) is 2. The van der Waals surface area contributed by atoms with Crippen LogP contribution in [0, 0.1) is 0 Å². The number of carbonyl (C=O) groups excluding carboxylic acids is 1. The van der Waals surface area contributed by atoms with Crippen molar-refractivity contribution in [3.8, 4) is 0 Å². The molecule has 0 heterocycles. The molecule has 0 radical (unpaired) electrons. The maximum absolute atomic E-state index is 12.2. The Morgan fingerprint density at radius 3 is 2.47 bits per heavy atom. The van der Waals surface area contributed by atoms with Gasteiger partial charge in [-0.15, -0.1) is 12.4 Å². The summed E-state index contributed by atoms with van der Waals surface area (Å²) >= 11 is 0. The molecule has 0 saturated heterocycles. The molecule has 1 aromatic rings. The van der Waals surface area contributed by atoms with Gasteiger partial charge in [0.05, 0.1) is 6.04 Å². The first kappa shape index (κ1) is 17.9. The summed E-state index contributed by atoms with van der Waals surface area (Å²) in [6, 6.07) is 10.00. The fourth-order valence-electron chi connectivity index (χ4n) is 1.93. The molecule has 0 bridgehead atoms. The molecule has 1 rings (SSSR count). The predicted octanol–water partition coefficient (Wildman–Crippen LogP) is 2.50. The Bertz CT molecular complexity index is 356. The largest absolute Gasteiger partial charge is 0.344 e. The van der Waals surface area contributed by atoms with Gasteiger partial charge in [-0.2, -0.15) is 0 Å². The van der Waals surface area contributed by atoms with Crippen LogP contribution in [0.15, 0.2) is 30.3 Å². The Morgan fingerprint density at radius 2 is 1.95 bits per heavy atom. The molecule has 1 unspecified atom stereocenters. The van der Waals surface area contributed by atoms with Crippen LogP contribution < -0.4 is 5.32 Å². The third-order valence-corrected chi connectivity index (χ3v) is 3.15. The van der Waals surface area contributed by atoms with Crippen molar-refractivity contribution in [3.63, 3.8) is 0 Å². The zero-order valence-electron chi connectivity index (χ0n) is 12.1. The van der Waals surface area contributed by atoms with E-state index in [1.807, 2.05) is 37.2 Å². The Hall–Kier alpha value is -1.06. The van der Waals surface area contributed by atoms with Crippen LogP contribution in [0.4, 0.5) is 0 Å². The van der Waals surface area contributed by atoms with E-state index in [2.05, 4.69) is 24.4 Å². The lowest BCUT2D eigenvalue weighted by atomic mass is 10.1. The number of amides is 1. The number of halogens is 1. The van der Waals surface area contributed by atoms with Crippen LogP contribution in [0.25, 0.3) is 0 Å². The molecule has 0 aliphatic heterocycles. The van der Waals surface area contributed by atoms with E-state index in [0.717, 1.165) is 25.8 Å². The molecule has 0 aliphatic carbocycles. The minimum absolute atomic E-state index is 0. The summed E-state index contributed by atoms with van der Waals surface area (Å²) in [7, 11) is 3.73. The summed E-state index contributed by atoms with van der Waals surface area (Å²) in [5, 5.41) is 3.12. The second kappa shape index (κ2) is 9.82. The second-order valence-corrected chi connectivity index (χ2v) is 4.64. The summed E-state index contributed by atoms with van der Waals surface area (Å²) in [6.45, 7) is 2.97. The smallest absolute Gasteiger partial charge is 0.239 e. The molecule has 1 N–H and O–H groups in total. The number of hydrogen-bond acceptors (Lipinski definition) is 2. The van der Waals surface area contributed by atoms with Gasteiger partial charge in [-0.1, -0.05) is 43.7 Å². The normalized spacial score (nSPS) is 11.5. The van der Waals surface area contributed by atoms with Crippen molar-refractivity contribution in [2.24, 2.45) is 0 Å². The molecule has 1 aromatic carbocycles. The Labute approximate surface area is 122 Å². The van der Waals surface area contributed by atoms with E-state index in [0.29, 0.717) is 0 Å². The lowest BCUT2D eigenvalue weighted by Crippen LogP contribution is -2.45. The standard InChI is InChI=1S/C15H24N2O.ClH/c1-4-5-11-17(3)15(18)14(16-2)12-13-9-7-6-8-10-13;/h6-10,14,16H,4-5,11-12H2,1-3H3;1H. The molecular weight excluding hydrogens is 260 g/mol. The lowest BCUT2D eigenvalue weighted by Gasteiger charge is -2.23. The van der Waals surface area contributed by atoms with E-state index in [4.69, 9.17) is 0 Å². The molecule has 1 atom stereocenters. The highest BCUT2D eigenvalue weighted by atomic mass is 35.5. The van der Waals surface area contributed by atoms with E-state index in [1.54, 1.807) is 0 Å². The minimum atomic E-state index is -0.130. The van der Waals surface area contributed by atoms with Crippen LogP contribution in [-0.4, -0.2) is 37.5 Å². The molecule has 108 valence electrons. The van der Waals surface area contributed by atoms with E-state index in [1.165, 1.54) is 5.56 Å². The predicted molar refractivity (Wildman–Crippen MR) is 82.8 cm³/mol. The van der Waals surface area contributed by atoms with Gasteiger partial charge in [0.25, 0.3) is 0 Å². The third kappa shape index (κ3) is 6.08. The second-order valence-electron chi connectivity index (χ2n) is 4.64. The fraction of sp³-hybridized carbons (Fsp3) is 0.533. The van der Waals surface area contributed by atoms with Crippen LogP contribution in [0.2, 0.25) is 0 Å². The average Bonchev–Trinajstić information content (AvgIpc) is 2.42. The zero-order chi connectivity index (χ0) is 13.4. The third-order valence-electron chi connectivity index (χ3n) is 3.15. The summed E-state index contributed by atoms with van der Waals surface area (Å²) in [6.07, 6.45) is 2.91. The van der Waals surface area contributed by atoms with Gasteiger partial charge in [-0.3, -0.25) is 4.79 Å². The first-order chi connectivity index (χ1) is 8.69. The number of benzene rings is 1. The van der Waals surface area contributed by atoms with Crippen LogP contribution in [0.5, 0.6) is 0 Å². The van der Waals surface area contributed by atoms with Crippen molar-refractivity contribution < 1.29 is 4.79 Å². The first-order valence-electron chi connectivity index (χ1n) is 6.65. The molecule has 0 aliphatic rings. The van der Waals surface area contributed by atoms with Gasteiger partial charge < -0.3 is 10.2 Å². The Kier molecular flexibility index (Phi) is 9.27. The van der Waals surface area contributed by atoms with Crippen molar-refractivity contribution >= 4 is 18.3 Å². The number of carbonyl (C=O) groups is 1. The van der Waals surface area contributed by atoms with Crippen molar-refractivity contribution in [2.45, 2.75) is 32.2 Å². The highest BCUT2D eigenvalue weighted by Crippen LogP contribution is 2.05. The SMILES string of the molecule is CCCCN(C)C(=O)C(Cc1ccccc1)NC.Cl. The average molecular weight is 285 g/mol. The number of nitrogens with one attached hydrogen (secondary N) is 1. The summed E-state index contributed by atoms with van der Waals surface area (Å²) in [4.78, 5) is 14.1. The molecule has 19 heavy (non-hydrogen) atoms. The van der Waals surface area contributed by atoms with Gasteiger partial charge in [0.15, 0.2) is 0 Å². The van der Waals surface area contributed by atoms with Gasteiger partial charge >= 0.3 is 0 Å². The Morgan fingerprint density at radius 1 is 1.32 bits per heavy atom. The number of nitrogens with zero attached hydrogens (tertiary/aromatic N) is 1. The van der Waals surface area contributed by atoms with Crippen molar-refractivity contribution in [1.29, 1.82) is 0 Å². The van der Waals surface area contributed by atoms with E-state index in [-0.39, 0.29) is 24.4 Å². The van der Waals surface area contributed by atoms with Crippen molar-refractivity contribution in [3.05, 3.63) is 35.9 Å². The van der Waals surface area contributed by atoms with Crippen molar-refractivity contribution in [1.82, 2.24) is 10.2 Å². The van der Waals surface area contributed by atoms with Gasteiger partial charge in [0, 0.05) is 13.6 Å².